The molecule has 6 aromatic rings. The molecule has 1 aromatic heterocycles. The zero-order chi connectivity index (χ0) is 36.6. The fourth-order valence-electron chi connectivity index (χ4n) is 6.11. The second-order valence-corrected chi connectivity index (χ2v) is 15.2. The molecular weight excluding hydrogens is 705 g/mol. The summed E-state index contributed by atoms with van der Waals surface area (Å²) in [4.78, 5) is 12.8. The van der Waals surface area contributed by atoms with E-state index in [1.807, 2.05) is 97.9 Å². The van der Waals surface area contributed by atoms with E-state index in [9.17, 15) is 9.90 Å². The SMILES string of the molecule is Cc1nnc(SC[C@@H]2O[C@H](c3cccc(-c4cccc(CNC(=O)Nc5ccc(Oc6ccccc6)cc5)c4)c3)O[C@H](c3ccc(CO)cc3)[C@@H]2C)s1. The van der Waals surface area contributed by atoms with Gasteiger partial charge >= 0.3 is 6.03 Å². The summed E-state index contributed by atoms with van der Waals surface area (Å²) in [7, 11) is 0. The van der Waals surface area contributed by atoms with Crippen molar-refractivity contribution in [2.45, 2.75) is 49.8 Å². The molecule has 11 heteroatoms. The number of amides is 2. The number of rotatable bonds is 12. The Morgan fingerprint density at radius 2 is 1.55 bits per heavy atom. The minimum atomic E-state index is -0.595. The topological polar surface area (TPSA) is 115 Å². The van der Waals surface area contributed by atoms with Crippen molar-refractivity contribution in [1.82, 2.24) is 15.5 Å². The van der Waals surface area contributed by atoms with Crippen molar-refractivity contribution in [3.8, 4) is 22.6 Å². The molecule has 2 heterocycles. The number of nitrogens with one attached hydrogen (secondary N) is 2. The Morgan fingerprint density at radius 3 is 2.28 bits per heavy atom. The van der Waals surface area contributed by atoms with Crippen LogP contribution >= 0.6 is 23.1 Å². The van der Waals surface area contributed by atoms with Crippen LogP contribution < -0.4 is 15.4 Å². The highest BCUT2D eigenvalue weighted by Gasteiger charge is 2.38. The lowest BCUT2D eigenvalue weighted by molar-refractivity contribution is -0.268. The average molecular weight is 745 g/mol. The number of anilines is 1. The Morgan fingerprint density at radius 1 is 0.811 bits per heavy atom. The summed E-state index contributed by atoms with van der Waals surface area (Å²) in [6.07, 6.45) is -0.925. The van der Waals surface area contributed by atoms with Gasteiger partial charge in [0.2, 0.25) is 0 Å². The van der Waals surface area contributed by atoms with E-state index in [0.29, 0.717) is 23.7 Å². The fourth-order valence-corrected chi connectivity index (χ4v) is 8.12. The van der Waals surface area contributed by atoms with Crippen LogP contribution in [0.5, 0.6) is 11.5 Å². The van der Waals surface area contributed by atoms with Crippen molar-refractivity contribution < 1.29 is 24.1 Å². The van der Waals surface area contributed by atoms with Crippen LogP contribution in [0.2, 0.25) is 0 Å². The number of thioether (sulfide) groups is 1. The minimum absolute atomic E-state index is 0.00857. The number of nitrogens with zero attached hydrogens (tertiary/aromatic N) is 2. The summed E-state index contributed by atoms with van der Waals surface area (Å²) in [5.74, 6) is 2.20. The van der Waals surface area contributed by atoms with Crippen molar-refractivity contribution in [2.75, 3.05) is 11.1 Å². The van der Waals surface area contributed by atoms with E-state index in [4.69, 9.17) is 14.2 Å². The number of hydrogen-bond donors (Lipinski definition) is 3. The fraction of sp³-hybridized carbons (Fsp3) is 0.214. The van der Waals surface area contributed by atoms with Gasteiger partial charge in [-0.05, 0) is 83.3 Å². The van der Waals surface area contributed by atoms with Crippen molar-refractivity contribution in [2.24, 2.45) is 5.92 Å². The van der Waals surface area contributed by atoms with Crippen LogP contribution in [0, 0.1) is 12.8 Å². The summed E-state index contributed by atoms with van der Waals surface area (Å²) >= 11 is 3.23. The largest absolute Gasteiger partial charge is 0.457 e. The molecule has 5 aromatic carbocycles. The van der Waals surface area contributed by atoms with E-state index in [-0.39, 0.29) is 30.8 Å². The summed E-state index contributed by atoms with van der Waals surface area (Å²) < 4.78 is 20.2. The van der Waals surface area contributed by atoms with Crippen LogP contribution in [0.15, 0.2) is 132 Å². The first-order valence-electron chi connectivity index (χ1n) is 17.4. The van der Waals surface area contributed by atoms with Gasteiger partial charge in [-0.1, -0.05) is 109 Å². The Labute approximate surface area is 317 Å². The molecule has 7 rings (SSSR count). The van der Waals surface area contributed by atoms with Crippen molar-refractivity contribution in [3.63, 3.8) is 0 Å². The maximum absolute atomic E-state index is 12.8. The van der Waals surface area contributed by atoms with Gasteiger partial charge in [0.25, 0.3) is 0 Å². The van der Waals surface area contributed by atoms with Crippen LogP contribution in [0.3, 0.4) is 0 Å². The number of urea groups is 1. The van der Waals surface area contributed by atoms with E-state index in [2.05, 4.69) is 52.0 Å². The highest BCUT2D eigenvalue weighted by atomic mass is 32.2. The molecular formula is C42H40N4O5S2. The Bertz CT molecular complexity index is 2110. The number of benzene rings is 5. The van der Waals surface area contributed by atoms with Gasteiger partial charge in [-0.25, -0.2) is 4.79 Å². The Kier molecular flexibility index (Phi) is 11.8. The van der Waals surface area contributed by atoms with Gasteiger partial charge in [0.15, 0.2) is 10.6 Å². The molecule has 1 aliphatic rings. The normalized spacial score (nSPS) is 18.3. The zero-order valence-electron chi connectivity index (χ0n) is 29.3. The Hall–Kier alpha value is -5.04. The van der Waals surface area contributed by atoms with Crippen molar-refractivity contribution in [1.29, 1.82) is 0 Å². The summed E-state index contributed by atoms with van der Waals surface area (Å²) in [5.41, 5.74) is 6.46. The summed E-state index contributed by atoms with van der Waals surface area (Å²) in [6, 6.07) is 40.8. The molecule has 3 N–H and O–H groups in total. The van der Waals surface area contributed by atoms with E-state index in [0.717, 1.165) is 48.5 Å². The predicted octanol–water partition coefficient (Wildman–Crippen LogP) is 9.70. The smallest absolute Gasteiger partial charge is 0.319 e. The van der Waals surface area contributed by atoms with E-state index >= 15 is 0 Å². The molecule has 9 nitrogen and oxygen atoms in total. The van der Waals surface area contributed by atoms with Crippen molar-refractivity contribution >= 4 is 34.8 Å². The number of para-hydroxylation sites is 1. The minimum Gasteiger partial charge on any atom is -0.457 e. The predicted molar refractivity (Wildman–Crippen MR) is 209 cm³/mol. The van der Waals surface area contributed by atoms with E-state index < -0.39 is 6.29 Å². The molecule has 1 fully saturated rings. The lowest BCUT2D eigenvalue weighted by Crippen LogP contribution is -2.38. The van der Waals surface area contributed by atoms with Crippen LogP contribution in [0.25, 0.3) is 11.1 Å². The number of aliphatic hydroxyl groups excluding tert-OH is 1. The molecule has 4 atom stereocenters. The van der Waals surface area contributed by atoms with Crippen LogP contribution in [0.1, 0.15) is 46.6 Å². The number of carbonyl (C=O) groups excluding carboxylic acids is 1. The van der Waals surface area contributed by atoms with Gasteiger partial charge < -0.3 is 30.0 Å². The van der Waals surface area contributed by atoms with E-state index in [1.165, 1.54) is 0 Å². The number of aliphatic hydroxyl groups is 1. The average Bonchev–Trinajstić information content (AvgIpc) is 3.62. The highest BCUT2D eigenvalue weighted by molar-refractivity contribution is 8.01. The number of ether oxygens (including phenoxy) is 3. The Balaban J connectivity index is 1.01. The van der Waals surface area contributed by atoms with Crippen LogP contribution in [-0.2, 0) is 22.6 Å². The second-order valence-electron chi connectivity index (χ2n) is 12.8. The first-order valence-corrected chi connectivity index (χ1v) is 19.2. The van der Waals surface area contributed by atoms with Gasteiger partial charge in [0.1, 0.15) is 16.5 Å². The molecule has 270 valence electrons. The van der Waals surface area contributed by atoms with Gasteiger partial charge in [-0.2, -0.15) is 0 Å². The first-order chi connectivity index (χ1) is 25.9. The number of aryl methyl sites for hydroxylation is 1. The quantitative estimate of drug-likeness (QED) is 0.106. The third-order valence-corrected chi connectivity index (χ3v) is 11.0. The molecule has 53 heavy (non-hydrogen) atoms. The number of carbonyl (C=O) groups is 1. The lowest BCUT2D eigenvalue weighted by atomic mass is 9.91. The lowest BCUT2D eigenvalue weighted by Gasteiger charge is -2.41. The van der Waals surface area contributed by atoms with E-state index in [1.54, 1.807) is 35.2 Å². The zero-order valence-corrected chi connectivity index (χ0v) is 31.0. The molecule has 0 bridgehead atoms. The summed E-state index contributed by atoms with van der Waals surface area (Å²) in [5, 5.41) is 24.9. The highest BCUT2D eigenvalue weighted by Crippen LogP contribution is 2.43. The maximum Gasteiger partial charge on any atom is 0.319 e. The molecule has 0 unspecified atom stereocenters. The van der Waals surface area contributed by atoms with Gasteiger partial charge in [0, 0.05) is 29.5 Å². The molecule has 1 aliphatic heterocycles. The molecule has 1 saturated heterocycles. The third kappa shape index (κ3) is 9.50. The van der Waals surface area contributed by atoms with Crippen LogP contribution in [-0.4, -0.2) is 33.2 Å². The van der Waals surface area contributed by atoms with Gasteiger partial charge in [-0.15, -0.1) is 10.2 Å². The molecule has 0 aliphatic carbocycles. The second kappa shape index (κ2) is 17.2. The van der Waals surface area contributed by atoms with Gasteiger partial charge in [0.05, 0.1) is 18.8 Å². The van der Waals surface area contributed by atoms with Gasteiger partial charge in [-0.3, -0.25) is 0 Å². The number of hydrogen-bond acceptors (Lipinski definition) is 9. The first kappa shape index (κ1) is 36.3. The summed E-state index contributed by atoms with van der Waals surface area (Å²) in [6.45, 7) is 4.46. The monoisotopic (exact) mass is 744 g/mol. The van der Waals surface area contributed by atoms with Crippen LogP contribution in [0.4, 0.5) is 10.5 Å². The molecule has 0 radical (unpaired) electrons. The number of aromatic nitrogens is 2. The van der Waals surface area contributed by atoms with Crippen molar-refractivity contribution in [3.05, 3.63) is 155 Å². The molecule has 2 amide bonds. The molecule has 0 saturated carbocycles. The third-order valence-electron chi connectivity index (χ3n) is 8.97. The maximum atomic E-state index is 12.8. The standard InChI is InChI=1S/C42H40N4O5S2/c1-27-38(26-52-42-46-45-28(2)53-42)50-40(51-39(27)31-16-14-29(25-47)15-17-31)34-11-7-10-33(23-34)32-9-6-8-30(22-32)24-43-41(48)44-35-18-20-37(21-19-35)49-36-12-4-3-5-13-36/h3-23,27,38-40,47H,24-26H2,1-2H3,(H2,43,44,48)/t27-,38+,39+,40+/m1/s1. The molecule has 0 spiro atoms.